The Balaban J connectivity index is 1.80. The molecule has 2 saturated carbocycles. The van der Waals surface area contributed by atoms with Crippen molar-refractivity contribution < 1.29 is 9.53 Å². The molecule has 0 spiro atoms. The molecule has 2 fully saturated rings. The number of hydrogen-bond acceptors (Lipinski definition) is 3. The van der Waals surface area contributed by atoms with Crippen LogP contribution in [0.25, 0.3) is 0 Å². The lowest BCUT2D eigenvalue weighted by Crippen LogP contribution is -2.57. The summed E-state index contributed by atoms with van der Waals surface area (Å²) < 4.78 is 5.97. The standard InChI is InChI=1S/C15H28N2O2/c1-14(2)8-6-12(7-9-14)19-10-15(3,13(16)18)17-11-4-5-11/h11-12,17H,4-10H2,1-3H3,(H2,16,18). The van der Waals surface area contributed by atoms with E-state index in [2.05, 4.69) is 19.2 Å². The van der Waals surface area contributed by atoms with Gasteiger partial charge in [-0.2, -0.15) is 0 Å². The second kappa shape index (κ2) is 5.41. The number of nitrogens with two attached hydrogens (primary N) is 1. The third kappa shape index (κ3) is 4.18. The zero-order valence-corrected chi connectivity index (χ0v) is 12.5. The van der Waals surface area contributed by atoms with Gasteiger partial charge in [0.2, 0.25) is 5.91 Å². The summed E-state index contributed by atoms with van der Waals surface area (Å²) in [6, 6.07) is 0.450. The van der Waals surface area contributed by atoms with E-state index < -0.39 is 5.54 Å². The first-order chi connectivity index (χ1) is 8.81. The summed E-state index contributed by atoms with van der Waals surface area (Å²) >= 11 is 0. The molecule has 4 heteroatoms. The first-order valence-electron chi connectivity index (χ1n) is 7.50. The molecule has 0 aromatic heterocycles. The number of ether oxygens (including phenoxy) is 1. The smallest absolute Gasteiger partial charge is 0.239 e. The van der Waals surface area contributed by atoms with Crippen molar-refractivity contribution in [1.29, 1.82) is 0 Å². The van der Waals surface area contributed by atoms with E-state index in [0.29, 0.717) is 18.1 Å². The zero-order valence-electron chi connectivity index (χ0n) is 12.5. The van der Waals surface area contributed by atoms with Gasteiger partial charge in [0.05, 0.1) is 12.7 Å². The van der Waals surface area contributed by atoms with Crippen LogP contribution in [0.4, 0.5) is 0 Å². The fourth-order valence-electron chi connectivity index (χ4n) is 2.69. The minimum Gasteiger partial charge on any atom is -0.376 e. The minimum absolute atomic E-state index is 0.285. The number of carbonyl (C=O) groups is 1. The van der Waals surface area contributed by atoms with Crippen LogP contribution < -0.4 is 11.1 Å². The van der Waals surface area contributed by atoms with Crippen LogP contribution in [0.5, 0.6) is 0 Å². The fourth-order valence-corrected chi connectivity index (χ4v) is 2.69. The van der Waals surface area contributed by atoms with Gasteiger partial charge in [0.25, 0.3) is 0 Å². The van der Waals surface area contributed by atoms with Crippen molar-refractivity contribution in [2.45, 2.75) is 77.0 Å². The van der Waals surface area contributed by atoms with E-state index in [9.17, 15) is 4.79 Å². The van der Waals surface area contributed by atoms with Crippen molar-refractivity contribution in [3.05, 3.63) is 0 Å². The van der Waals surface area contributed by atoms with Crippen LogP contribution >= 0.6 is 0 Å². The van der Waals surface area contributed by atoms with Gasteiger partial charge >= 0.3 is 0 Å². The molecule has 1 unspecified atom stereocenters. The van der Waals surface area contributed by atoms with Crippen LogP contribution in [-0.2, 0) is 9.53 Å². The first-order valence-corrected chi connectivity index (χ1v) is 7.50. The van der Waals surface area contributed by atoms with E-state index in [1.165, 1.54) is 12.8 Å². The lowest BCUT2D eigenvalue weighted by atomic mass is 9.76. The maximum absolute atomic E-state index is 11.6. The Hall–Kier alpha value is -0.610. The van der Waals surface area contributed by atoms with E-state index in [1.807, 2.05) is 6.92 Å². The highest BCUT2D eigenvalue weighted by Crippen LogP contribution is 2.36. The summed E-state index contributed by atoms with van der Waals surface area (Å²) in [5.74, 6) is -0.310. The van der Waals surface area contributed by atoms with E-state index in [1.54, 1.807) is 0 Å². The lowest BCUT2D eigenvalue weighted by Gasteiger charge is -2.36. The maximum atomic E-state index is 11.6. The van der Waals surface area contributed by atoms with Gasteiger partial charge in [-0.1, -0.05) is 13.8 Å². The Bertz CT molecular complexity index is 329. The van der Waals surface area contributed by atoms with Gasteiger partial charge < -0.3 is 10.5 Å². The Labute approximate surface area is 116 Å². The van der Waals surface area contributed by atoms with E-state index in [4.69, 9.17) is 10.5 Å². The third-order valence-corrected chi connectivity index (χ3v) is 4.54. The Morgan fingerprint density at radius 3 is 2.37 bits per heavy atom. The van der Waals surface area contributed by atoms with E-state index in [0.717, 1.165) is 25.7 Å². The summed E-state index contributed by atoms with van der Waals surface area (Å²) in [4.78, 5) is 11.6. The molecule has 0 radical (unpaired) electrons. The van der Waals surface area contributed by atoms with Crippen LogP contribution in [-0.4, -0.2) is 30.2 Å². The normalized spacial score (nSPS) is 26.9. The van der Waals surface area contributed by atoms with Gasteiger partial charge in [0.15, 0.2) is 0 Å². The maximum Gasteiger partial charge on any atom is 0.239 e. The number of carbonyl (C=O) groups excluding carboxylic acids is 1. The predicted molar refractivity (Wildman–Crippen MR) is 75.7 cm³/mol. The molecule has 1 atom stereocenters. The van der Waals surface area contributed by atoms with E-state index >= 15 is 0 Å². The van der Waals surface area contributed by atoms with Crippen molar-refractivity contribution in [2.24, 2.45) is 11.1 Å². The second-order valence-corrected chi connectivity index (χ2v) is 7.29. The molecule has 0 aromatic carbocycles. The molecule has 110 valence electrons. The molecule has 2 aliphatic carbocycles. The summed E-state index contributed by atoms with van der Waals surface area (Å²) in [5.41, 5.74) is 5.25. The average Bonchev–Trinajstić information content (AvgIpc) is 3.11. The highest BCUT2D eigenvalue weighted by Gasteiger charge is 2.38. The SMILES string of the molecule is CC1(C)CCC(OCC(C)(NC2CC2)C(N)=O)CC1. The van der Waals surface area contributed by atoms with Gasteiger partial charge in [-0.3, -0.25) is 10.1 Å². The first kappa shape index (κ1) is 14.8. The Kier molecular flexibility index (Phi) is 4.21. The summed E-state index contributed by atoms with van der Waals surface area (Å²) in [6.45, 7) is 6.88. The molecule has 4 nitrogen and oxygen atoms in total. The molecule has 1 amide bonds. The van der Waals surface area contributed by atoms with Gasteiger partial charge in [-0.15, -0.1) is 0 Å². The molecule has 19 heavy (non-hydrogen) atoms. The quantitative estimate of drug-likeness (QED) is 0.774. The van der Waals surface area contributed by atoms with Crippen molar-refractivity contribution in [3.8, 4) is 0 Å². The van der Waals surface area contributed by atoms with Crippen LogP contribution in [0.3, 0.4) is 0 Å². The molecule has 0 heterocycles. The molecule has 0 aromatic rings. The van der Waals surface area contributed by atoms with Crippen LogP contribution in [0.2, 0.25) is 0 Å². The fraction of sp³-hybridized carbons (Fsp3) is 0.933. The topological polar surface area (TPSA) is 64.3 Å². The number of rotatable bonds is 6. The number of primary amides is 1. The number of amides is 1. The van der Waals surface area contributed by atoms with Crippen molar-refractivity contribution >= 4 is 5.91 Å². The highest BCUT2D eigenvalue weighted by atomic mass is 16.5. The molecule has 2 aliphatic rings. The van der Waals surface area contributed by atoms with Crippen LogP contribution in [0.1, 0.15) is 59.3 Å². The molecule has 2 rings (SSSR count). The van der Waals surface area contributed by atoms with E-state index in [-0.39, 0.29) is 12.0 Å². The van der Waals surface area contributed by atoms with Crippen molar-refractivity contribution in [3.63, 3.8) is 0 Å². The molecular formula is C15H28N2O2. The van der Waals surface area contributed by atoms with Crippen LogP contribution in [0.15, 0.2) is 0 Å². The molecule has 0 bridgehead atoms. The zero-order chi connectivity index (χ0) is 14.1. The Morgan fingerprint density at radius 1 is 1.32 bits per heavy atom. The monoisotopic (exact) mass is 268 g/mol. The minimum atomic E-state index is -0.714. The molecule has 0 saturated heterocycles. The average molecular weight is 268 g/mol. The number of hydrogen-bond donors (Lipinski definition) is 2. The van der Waals surface area contributed by atoms with Gasteiger partial charge in [0.1, 0.15) is 5.54 Å². The van der Waals surface area contributed by atoms with Gasteiger partial charge in [0, 0.05) is 6.04 Å². The predicted octanol–water partition coefficient (Wildman–Crippen LogP) is 1.97. The molecule has 0 aliphatic heterocycles. The van der Waals surface area contributed by atoms with Crippen molar-refractivity contribution in [1.82, 2.24) is 5.32 Å². The largest absolute Gasteiger partial charge is 0.376 e. The second-order valence-electron chi connectivity index (χ2n) is 7.29. The number of nitrogens with one attached hydrogen (secondary N) is 1. The van der Waals surface area contributed by atoms with Crippen LogP contribution in [0, 0.1) is 5.41 Å². The van der Waals surface area contributed by atoms with Crippen molar-refractivity contribution in [2.75, 3.05) is 6.61 Å². The van der Waals surface area contributed by atoms with Gasteiger partial charge in [-0.25, -0.2) is 0 Å². The lowest BCUT2D eigenvalue weighted by molar-refractivity contribution is -0.128. The third-order valence-electron chi connectivity index (χ3n) is 4.54. The summed E-state index contributed by atoms with van der Waals surface area (Å²) in [5, 5.41) is 3.32. The Morgan fingerprint density at radius 2 is 1.89 bits per heavy atom. The summed E-state index contributed by atoms with van der Waals surface area (Å²) in [7, 11) is 0. The summed E-state index contributed by atoms with van der Waals surface area (Å²) in [6.07, 6.45) is 7.13. The molecule has 3 N–H and O–H groups in total. The van der Waals surface area contributed by atoms with Gasteiger partial charge in [-0.05, 0) is 50.9 Å². The highest BCUT2D eigenvalue weighted by molar-refractivity contribution is 5.84. The molecular weight excluding hydrogens is 240 g/mol.